The molecular weight excluding hydrogens is 207 g/mol. The van der Waals surface area contributed by atoms with Gasteiger partial charge in [0.05, 0.1) is 16.4 Å². The Morgan fingerprint density at radius 3 is 2.86 bits per heavy atom. The first-order chi connectivity index (χ1) is 6.68. The van der Waals surface area contributed by atoms with Gasteiger partial charge in [0.2, 0.25) is 0 Å². The molecule has 72 valence electrons. The predicted molar refractivity (Wildman–Crippen MR) is 50.7 cm³/mol. The first-order valence-corrected chi connectivity index (χ1v) is 4.16. The second-order valence-electron chi connectivity index (χ2n) is 2.67. The molecule has 0 aliphatic heterocycles. The molecule has 4 nitrogen and oxygen atoms in total. The number of nitrogen functional groups attached to an aromatic ring is 1. The summed E-state index contributed by atoms with van der Waals surface area (Å²) in [5.41, 5.74) is 6.41. The number of benzene rings is 1. The van der Waals surface area contributed by atoms with Crippen LogP contribution in [0.4, 0.5) is 10.1 Å². The van der Waals surface area contributed by atoms with Crippen molar-refractivity contribution in [1.29, 1.82) is 0 Å². The molecule has 0 bridgehead atoms. The van der Waals surface area contributed by atoms with E-state index in [1.807, 2.05) is 0 Å². The number of aromatic nitrogens is 3. The average molecular weight is 213 g/mol. The van der Waals surface area contributed by atoms with E-state index in [0.717, 1.165) is 0 Å². The Labute approximate surface area is 84.1 Å². The fraction of sp³-hybridized carbons (Fsp3) is 0. The van der Waals surface area contributed by atoms with E-state index < -0.39 is 5.82 Å². The SMILES string of the molecule is Nc1cc(Cl)c(F)cc1-n1cncn1. The molecular formula is C8H6ClFN4. The number of rotatable bonds is 1. The Kier molecular flexibility index (Phi) is 2.09. The van der Waals surface area contributed by atoms with Crippen molar-refractivity contribution in [2.24, 2.45) is 0 Å². The van der Waals surface area contributed by atoms with Crippen LogP contribution in [-0.4, -0.2) is 14.8 Å². The summed E-state index contributed by atoms with van der Waals surface area (Å²) in [7, 11) is 0. The minimum Gasteiger partial charge on any atom is -0.397 e. The van der Waals surface area contributed by atoms with E-state index in [1.165, 1.54) is 29.5 Å². The second kappa shape index (κ2) is 3.26. The highest BCUT2D eigenvalue weighted by Gasteiger charge is 2.07. The molecule has 0 spiro atoms. The molecule has 0 saturated heterocycles. The van der Waals surface area contributed by atoms with Crippen molar-refractivity contribution in [1.82, 2.24) is 14.8 Å². The van der Waals surface area contributed by atoms with Gasteiger partial charge < -0.3 is 5.73 Å². The second-order valence-corrected chi connectivity index (χ2v) is 3.07. The van der Waals surface area contributed by atoms with Gasteiger partial charge in [0.15, 0.2) is 0 Å². The van der Waals surface area contributed by atoms with Crippen LogP contribution in [0.1, 0.15) is 0 Å². The summed E-state index contributed by atoms with van der Waals surface area (Å²) in [6, 6.07) is 2.56. The van der Waals surface area contributed by atoms with E-state index in [1.54, 1.807) is 0 Å². The highest BCUT2D eigenvalue weighted by atomic mass is 35.5. The maximum atomic E-state index is 13.1. The first kappa shape index (κ1) is 8.96. The normalized spacial score (nSPS) is 10.4. The third kappa shape index (κ3) is 1.42. The van der Waals surface area contributed by atoms with Crippen LogP contribution in [0.3, 0.4) is 0 Å². The van der Waals surface area contributed by atoms with E-state index >= 15 is 0 Å². The lowest BCUT2D eigenvalue weighted by Gasteiger charge is -2.05. The van der Waals surface area contributed by atoms with Crippen molar-refractivity contribution in [3.63, 3.8) is 0 Å². The van der Waals surface area contributed by atoms with Crippen LogP contribution in [0.25, 0.3) is 5.69 Å². The number of hydrogen-bond donors (Lipinski definition) is 1. The average Bonchev–Trinajstić information content (AvgIpc) is 2.64. The molecule has 2 rings (SSSR count). The largest absolute Gasteiger partial charge is 0.397 e. The van der Waals surface area contributed by atoms with Crippen molar-refractivity contribution >= 4 is 17.3 Å². The molecule has 0 radical (unpaired) electrons. The summed E-state index contributed by atoms with van der Waals surface area (Å²) in [5.74, 6) is -0.536. The third-order valence-electron chi connectivity index (χ3n) is 1.74. The molecule has 0 amide bonds. The molecule has 0 saturated carbocycles. The Hall–Kier alpha value is -1.62. The molecule has 0 atom stereocenters. The lowest BCUT2D eigenvalue weighted by atomic mass is 10.2. The van der Waals surface area contributed by atoms with E-state index in [0.29, 0.717) is 11.4 Å². The lowest BCUT2D eigenvalue weighted by Crippen LogP contribution is -2.01. The smallest absolute Gasteiger partial charge is 0.144 e. The zero-order chi connectivity index (χ0) is 10.1. The topological polar surface area (TPSA) is 56.7 Å². The number of nitrogens with zero attached hydrogens (tertiary/aromatic N) is 3. The maximum Gasteiger partial charge on any atom is 0.144 e. The summed E-state index contributed by atoms with van der Waals surface area (Å²) >= 11 is 5.55. The van der Waals surface area contributed by atoms with E-state index in [-0.39, 0.29) is 5.02 Å². The molecule has 0 aliphatic rings. The fourth-order valence-electron chi connectivity index (χ4n) is 1.08. The van der Waals surface area contributed by atoms with Crippen molar-refractivity contribution in [3.8, 4) is 5.69 Å². The van der Waals surface area contributed by atoms with E-state index in [9.17, 15) is 4.39 Å². The summed E-state index contributed by atoms with van der Waals surface area (Å²) in [6.07, 6.45) is 2.77. The van der Waals surface area contributed by atoms with Crippen LogP contribution in [0.15, 0.2) is 24.8 Å². The van der Waals surface area contributed by atoms with Crippen LogP contribution in [0.5, 0.6) is 0 Å². The summed E-state index contributed by atoms with van der Waals surface area (Å²) in [6.45, 7) is 0. The molecule has 0 aliphatic carbocycles. The van der Waals surface area contributed by atoms with Crippen LogP contribution >= 0.6 is 11.6 Å². The van der Waals surface area contributed by atoms with Crippen molar-refractivity contribution in [2.45, 2.75) is 0 Å². The molecule has 0 fully saturated rings. The van der Waals surface area contributed by atoms with Gasteiger partial charge in [-0.3, -0.25) is 0 Å². The number of anilines is 1. The standard InChI is InChI=1S/C8H6ClFN4/c9-5-1-7(11)8(2-6(5)10)14-4-12-3-13-14/h1-4H,11H2. The van der Waals surface area contributed by atoms with Crippen molar-refractivity contribution in [3.05, 3.63) is 35.6 Å². The highest BCUT2D eigenvalue weighted by Crippen LogP contribution is 2.24. The number of halogens is 2. The maximum absolute atomic E-state index is 13.1. The van der Waals surface area contributed by atoms with Gasteiger partial charge in [-0.05, 0) is 6.07 Å². The van der Waals surface area contributed by atoms with Gasteiger partial charge in [0.1, 0.15) is 18.5 Å². The minimum atomic E-state index is -0.536. The van der Waals surface area contributed by atoms with Gasteiger partial charge in [-0.2, -0.15) is 5.10 Å². The van der Waals surface area contributed by atoms with Crippen LogP contribution < -0.4 is 5.73 Å². The third-order valence-corrected chi connectivity index (χ3v) is 2.02. The Morgan fingerprint density at radius 1 is 1.43 bits per heavy atom. The quantitative estimate of drug-likeness (QED) is 0.732. The molecule has 1 heterocycles. The first-order valence-electron chi connectivity index (χ1n) is 3.78. The molecule has 6 heteroatoms. The van der Waals surface area contributed by atoms with Gasteiger partial charge in [0, 0.05) is 6.07 Å². The Morgan fingerprint density at radius 2 is 2.21 bits per heavy atom. The Bertz CT molecular complexity index is 455. The number of nitrogens with two attached hydrogens (primary N) is 1. The molecule has 2 N–H and O–H groups in total. The van der Waals surface area contributed by atoms with Gasteiger partial charge in [0.25, 0.3) is 0 Å². The highest BCUT2D eigenvalue weighted by molar-refractivity contribution is 6.31. The van der Waals surface area contributed by atoms with Crippen molar-refractivity contribution in [2.75, 3.05) is 5.73 Å². The van der Waals surface area contributed by atoms with E-state index in [4.69, 9.17) is 17.3 Å². The molecule has 1 aromatic heterocycles. The Balaban J connectivity index is 2.60. The monoisotopic (exact) mass is 212 g/mol. The van der Waals surface area contributed by atoms with Gasteiger partial charge in [-0.15, -0.1) is 0 Å². The fourth-order valence-corrected chi connectivity index (χ4v) is 1.25. The molecule has 2 aromatic rings. The van der Waals surface area contributed by atoms with E-state index in [2.05, 4.69) is 10.1 Å². The van der Waals surface area contributed by atoms with Crippen LogP contribution in [0, 0.1) is 5.82 Å². The van der Waals surface area contributed by atoms with Gasteiger partial charge in [-0.25, -0.2) is 14.1 Å². The number of hydrogen-bond acceptors (Lipinski definition) is 3. The zero-order valence-corrected chi connectivity index (χ0v) is 7.74. The molecule has 1 aromatic carbocycles. The summed E-state index contributed by atoms with van der Waals surface area (Å²) in [4.78, 5) is 3.73. The van der Waals surface area contributed by atoms with Crippen LogP contribution in [-0.2, 0) is 0 Å². The molecule has 0 unspecified atom stereocenters. The summed E-state index contributed by atoms with van der Waals surface area (Å²) in [5, 5.41) is 3.83. The predicted octanol–water partition coefficient (Wildman–Crippen LogP) is 1.64. The van der Waals surface area contributed by atoms with Crippen molar-refractivity contribution < 1.29 is 4.39 Å². The van der Waals surface area contributed by atoms with Gasteiger partial charge >= 0.3 is 0 Å². The minimum absolute atomic E-state index is 0.00800. The molecule has 14 heavy (non-hydrogen) atoms. The van der Waals surface area contributed by atoms with Crippen LogP contribution in [0.2, 0.25) is 5.02 Å². The van der Waals surface area contributed by atoms with Gasteiger partial charge in [-0.1, -0.05) is 11.6 Å². The lowest BCUT2D eigenvalue weighted by molar-refractivity contribution is 0.626. The summed E-state index contributed by atoms with van der Waals surface area (Å²) < 4.78 is 14.5. The zero-order valence-electron chi connectivity index (χ0n) is 6.98.